The number of carbonyl (C=O) groups is 1. The molecule has 1 aromatic carbocycles. The van der Waals surface area contributed by atoms with Crippen LogP contribution >= 0.6 is 0 Å². The average molecular weight is 220 g/mol. The van der Waals surface area contributed by atoms with Gasteiger partial charge < -0.3 is 15.4 Å². The van der Waals surface area contributed by atoms with Crippen molar-refractivity contribution >= 4 is 11.7 Å². The molecule has 0 heterocycles. The molecule has 4 nitrogen and oxygen atoms in total. The first kappa shape index (κ1) is 12.1. The molecule has 0 aliphatic rings. The van der Waals surface area contributed by atoms with Gasteiger partial charge in [0.25, 0.3) is 0 Å². The van der Waals surface area contributed by atoms with Crippen LogP contribution in [-0.4, -0.2) is 12.6 Å². The van der Waals surface area contributed by atoms with Crippen LogP contribution in [0.1, 0.15) is 13.8 Å². The van der Waals surface area contributed by atoms with Crippen molar-refractivity contribution in [2.75, 3.05) is 11.9 Å². The number of nitrogens with one attached hydrogen (secondary N) is 2. The lowest BCUT2D eigenvalue weighted by Crippen LogP contribution is -2.23. The highest BCUT2D eigenvalue weighted by molar-refractivity contribution is 5.89. The van der Waals surface area contributed by atoms with Crippen LogP contribution in [0.2, 0.25) is 0 Å². The number of rotatable bonds is 4. The summed E-state index contributed by atoms with van der Waals surface area (Å²) in [6.07, 6.45) is 3.32. The number of amides is 2. The number of ether oxygens (including phenoxy) is 1. The van der Waals surface area contributed by atoms with Crippen molar-refractivity contribution in [2.45, 2.75) is 13.8 Å². The second-order valence-electron chi connectivity index (χ2n) is 3.06. The minimum Gasteiger partial charge on any atom is -0.494 e. The van der Waals surface area contributed by atoms with Crippen LogP contribution in [0.25, 0.3) is 0 Å². The van der Waals surface area contributed by atoms with Crippen molar-refractivity contribution in [1.29, 1.82) is 0 Å². The second-order valence-corrected chi connectivity index (χ2v) is 3.06. The molecule has 2 amide bonds. The first-order valence-corrected chi connectivity index (χ1v) is 5.17. The minimum absolute atomic E-state index is 0.262. The summed E-state index contributed by atoms with van der Waals surface area (Å²) in [6.45, 7) is 4.39. The Morgan fingerprint density at radius 2 is 2.06 bits per heavy atom. The largest absolute Gasteiger partial charge is 0.494 e. The Labute approximate surface area is 95.3 Å². The van der Waals surface area contributed by atoms with Crippen molar-refractivity contribution in [1.82, 2.24) is 5.32 Å². The van der Waals surface area contributed by atoms with Crippen LogP contribution in [0.3, 0.4) is 0 Å². The second kappa shape index (κ2) is 6.50. The van der Waals surface area contributed by atoms with Crippen LogP contribution in [0.4, 0.5) is 10.5 Å². The molecule has 0 aliphatic heterocycles. The topological polar surface area (TPSA) is 50.4 Å². The third-order valence-electron chi connectivity index (χ3n) is 1.80. The van der Waals surface area contributed by atoms with E-state index in [0.29, 0.717) is 6.61 Å². The number of urea groups is 1. The molecule has 2 N–H and O–H groups in total. The Balaban J connectivity index is 2.51. The Morgan fingerprint density at radius 1 is 1.38 bits per heavy atom. The lowest BCUT2D eigenvalue weighted by Gasteiger charge is -2.06. The maximum atomic E-state index is 11.3. The Kier molecular flexibility index (Phi) is 4.92. The maximum absolute atomic E-state index is 11.3. The standard InChI is InChI=1S/C12H16N2O2/c1-3-9-13-12(15)14-10-5-7-11(8-6-10)16-4-2/h3,5-9H,4H2,1-2H3,(H2,13,14,15)/b9-3+. The smallest absolute Gasteiger partial charge is 0.323 e. The molecule has 0 fully saturated rings. The molecule has 0 radical (unpaired) electrons. The van der Waals surface area contributed by atoms with Gasteiger partial charge in [-0.25, -0.2) is 4.79 Å². The van der Waals surface area contributed by atoms with Gasteiger partial charge in [-0.15, -0.1) is 0 Å². The Hall–Kier alpha value is -1.97. The number of hydrogen-bond acceptors (Lipinski definition) is 2. The molecule has 0 atom stereocenters. The zero-order valence-corrected chi connectivity index (χ0v) is 9.49. The minimum atomic E-state index is -0.262. The normalized spacial score (nSPS) is 10.1. The lowest BCUT2D eigenvalue weighted by molar-refractivity contribution is 0.255. The molecule has 0 saturated heterocycles. The van der Waals surface area contributed by atoms with Gasteiger partial charge in [0.05, 0.1) is 6.61 Å². The molecular weight excluding hydrogens is 204 g/mol. The van der Waals surface area contributed by atoms with Crippen molar-refractivity contribution < 1.29 is 9.53 Å². The molecule has 0 bridgehead atoms. The lowest BCUT2D eigenvalue weighted by atomic mass is 10.3. The number of anilines is 1. The Bertz CT molecular complexity index is 358. The van der Waals surface area contributed by atoms with Gasteiger partial charge in [-0.05, 0) is 38.1 Å². The van der Waals surface area contributed by atoms with E-state index in [1.54, 1.807) is 24.4 Å². The van der Waals surface area contributed by atoms with Gasteiger partial charge in [0.2, 0.25) is 0 Å². The number of allylic oxidation sites excluding steroid dienone is 1. The van der Waals surface area contributed by atoms with Gasteiger partial charge in [0.15, 0.2) is 0 Å². The number of carbonyl (C=O) groups excluding carboxylic acids is 1. The van der Waals surface area contributed by atoms with E-state index in [0.717, 1.165) is 11.4 Å². The predicted molar refractivity (Wildman–Crippen MR) is 64.6 cm³/mol. The van der Waals surface area contributed by atoms with Crippen LogP contribution in [-0.2, 0) is 0 Å². The molecule has 0 spiro atoms. The summed E-state index contributed by atoms with van der Waals surface area (Å²) in [7, 11) is 0. The first-order valence-electron chi connectivity index (χ1n) is 5.17. The van der Waals surface area contributed by atoms with E-state index in [2.05, 4.69) is 10.6 Å². The van der Waals surface area contributed by atoms with E-state index in [1.165, 1.54) is 0 Å². The summed E-state index contributed by atoms with van der Waals surface area (Å²) in [5.41, 5.74) is 0.727. The van der Waals surface area contributed by atoms with E-state index >= 15 is 0 Å². The molecule has 0 aliphatic carbocycles. The summed E-state index contributed by atoms with van der Waals surface area (Å²) >= 11 is 0. The van der Waals surface area contributed by atoms with Crippen LogP contribution < -0.4 is 15.4 Å². The summed E-state index contributed by atoms with van der Waals surface area (Å²) in [6, 6.07) is 6.95. The van der Waals surface area contributed by atoms with Crippen molar-refractivity contribution in [2.24, 2.45) is 0 Å². The quantitative estimate of drug-likeness (QED) is 0.819. The van der Waals surface area contributed by atoms with Crippen LogP contribution in [0.15, 0.2) is 36.5 Å². The molecule has 86 valence electrons. The molecular formula is C12H16N2O2. The van der Waals surface area contributed by atoms with Crippen molar-refractivity contribution in [3.63, 3.8) is 0 Å². The van der Waals surface area contributed by atoms with E-state index < -0.39 is 0 Å². The van der Waals surface area contributed by atoms with Gasteiger partial charge in [0, 0.05) is 11.9 Å². The monoisotopic (exact) mass is 220 g/mol. The van der Waals surface area contributed by atoms with E-state index in [-0.39, 0.29) is 6.03 Å². The highest BCUT2D eigenvalue weighted by Gasteiger charge is 1.99. The first-order chi connectivity index (χ1) is 7.76. The fraction of sp³-hybridized carbons (Fsp3) is 0.250. The summed E-state index contributed by atoms with van der Waals surface area (Å²) < 4.78 is 5.29. The van der Waals surface area contributed by atoms with Crippen LogP contribution in [0.5, 0.6) is 5.75 Å². The summed E-state index contributed by atoms with van der Waals surface area (Å²) in [5.74, 6) is 0.793. The van der Waals surface area contributed by atoms with Gasteiger partial charge in [-0.1, -0.05) is 6.08 Å². The molecule has 16 heavy (non-hydrogen) atoms. The van der Waals surface area contributed by atoms with E-state index in [4.69, 9.17) is 4.74 Å². The highest BCUT2D eigenvalue weighted by atomic mass is 16.5. The molecule has 0 aromatic heterocycles. The zero-order valence-electron chi connectivity index (χ0n) is 9.49. The zero-order chi connectivity index (χ0) is 11.8. The van der Waals surface area contributed by atoms with E-state index in [1.807, 2.05) is 26.0 Å². The van der Waals surface area contributed by atoms with Gasteiger partial charge in [0.1, 0.15) is 5.75 Å². The number of benzene rings is 1. The van der Waals surface area contributed by atoms with Gasteiger partial charge in [-0.3, -0.25) is 0 Å². The fourth-order valence-electron chi connectivity index (χ4n) is 1.13. The van der Waals surface area contributed by atoms with Gasteiger partial charge in [-0.2, -0.15) is 0 Å². The van der Waals surface area contributed by atoms with Crippen LogP contribution in [0, 0.1) is 0 Å². The molecule has 4 heteroatoms. The third-order valence-corrected chi connectivity index (χ3v) is 1.80. The van der Waals surface area contributed by atoms with Crippen molar-refractivity contribution in [3.8, 4) is 5.75 Å². The highest BCUT2D eigenvalue weighted by Crippen LogP contribution is 2.15. The fourth-order valence-corrected chi connectivity index (χ4v) is 1.13. The van der Waals surface area contributed by atoms with E-state index in [9.17, 15) is 4.79 Å². The average Bonchev–Trinajstić information content (AvgIpc) is 2.29. The molecule has 0 saturated carbocycles. The molecule has 1 aromatic rings. The maximum Gasteiger partial charge on any atom is 0.323 e. The third kappa shape index (κ3) is 4.04. The van der Waals surface area contributed by atoms with Gasteiger partial charge >= 0.3 is 6.03 Å². The molecule has 0 unspecified atom stereocenters. The summed E-state index contributed by atoms with van der Waals surface area (Å²) in [4.78, 5) is 11.3. The summed E-state index contributed by atoms with van der Waals surface area (Å²) in [5, 5.41) is 5.25. The number of hydrogen-bond donors (Lipinski definition) is 2. The predicted octanol–water partition coefficient (Wildman–Crippen LogP) is 2.74. The Morgan fingerprint density at radius 3 is 2.62 bits per heavy atom. The van der Waals surface area contributed by atoms with Crippen molar-refractivity contribution in [3.05, 3.63) is 36.5 Å². The SMILES string of the molecule is C/C=C/NC(=O)Nc1ccc(OCC)cc1. The molecule has 1 rings (SSSR count).